The molecule has 1 unspecified atom stereocenters. The van der Waals surface area contributed by atoms with E-state index in [-0.39, 0.29) is 17.6 Å². The molecule has 1 aromatic rings. The first kappa shape index (κ1) is 17.1. The molecule has 0 aliphatic rings. The quantitative estimate of drug-likeness (QED) is 0.690. The highest BCUT2D eigenvalue weighted by atomic mass is 35.7. The normalized spacial score (nSPS) is 13.2. The standard InChI is InChI=1S/C14H21ClO4S/c1-4-18-13-5-7-14(8-6-13)19-9-12(11(2)3)10-20(15,16)17/h5-8,11-12H,4,9-10H2,1-3H3. The molecule has 20 heavy (non-hydrogen) atoms. The molecule has 0 bridgehead atoms. The van der Waals surface area contributed by atoms with Gasteiger partial charge in [-0.05, 0) is 37.1 Å². The van der Waals surface area contributed by atoms with Crippen LogP contribution in [0.2, 0.25) is 0 Å². The Morgan fingerprint density at radius 2 is 1.60 bits per heavy atom. The number of hydrogen-bond acceptors (Lipinski definition) is 4. The van der Waals surface area contributed by atoms with Crippen molar-refractivity contribution in [1.29, 1.82) is 0 Å². The van der Waals surface area contributed by atoms with Gasteiger partial charge in [-0.3, -0.25) is 0 Å². The van der Waals surface area contributed by atoms with Gasteiger partial charge >= 0.3 is 0 Å². The summed E-state index contributed by atoms with van der Waals surface area (Å²) < 4.78 is 33.3. The van der Waals surface area contributed by atoms with Gasteiger partial charge in [-0.1, -0.05) is 13.8 Å². The highest BCUT2D eigenvalue weighted by molar-refractivity contribution is 8.13. The highest BCUT2D eigenvalue weighted by Crippen LogP contribution is 2.21. The zero-order valence-corrected chi connectivity index (χ0v) is 13.6. The summed E-state index contributed by atoms with van der Waals surface area (Å²) in [5.41, 5.74) is 0. The van der Waals surface area contributed by atoms with Crippen LogP contribution in [0.1, 0.15) is 20.8 Å². The molecule has 0 N–H and O–H groups in total. The highest BCUT2D eigenvalue weighted by Gasteiger charge is 2.21. The zero-order chi connectivity index (χ0) is 15.2. The fourth-order valence-electron chi connectivity index (χ4n) is 1.69. The Balaban J connectivity index is 2.58. The van der Waals surface area contributed by atoms with Crippen molar-refractivity contribution >= 4 is 19.7 Å². The van der Waals surface area contributed by atoms with Gasteiger partial charge in [-0.2, -0.15) is 0 Å². The van der Waals surface area contributed by atoms with Crippen molar-refractivity contribution in [3.8, 4) is 11.5 Å². The Morgan fingerprint density at radius 3 is 2.00 bits per heavy atom. The fraction of sp³-hybridized carbons (Fsp3) is 0.571. The number of ether oxygens (including phenoxy) is 2. The summed E-state index contributed by atoms with van der Waals surface area (Å²) in [4.78, 5) is 0. The third-order valence-electron chi connectivity index (χ3n) is 2.95. The number of rotatable bonds is 8. The smallest absolute Gasteiger partial charge is 0.233 e. The Labute approximate surface area is 125 Å². The lowest BCUT2D eigenvalue weighted by molar-refractivity contribution is 0.225. The Bertz CT molecular complexity index is 496. The van der Waals surface area contributed by atoms with Gasteiger partial charge in [0.25, 0.3) is 0 Å². The molecule has 1 atom stereocenters. The van der Waals surface area contributed by atoms with Crippen molar-refractivity contribution in [2.24, 2.45) is 11.8 Å². The van der Waals surface area contributed by atoms with Crippen molar-refractivity contribution in [1.82, 2.24) is 0 Å². The largest absolute Gasteiger partial charge is 0.494 e. The van der Waals surface area contributed by atoms with Crippen LogP contribution in [0, 0.1) is 11.8 Å². The van der Waals surface area contributed by atoms with Crippen LogP contribution in [0.15, 0.2) is 24.3 Å². The number of benzene rings is 1. The van der Waals surface area contributed by atoms with Crippen molar-refractivity contribution in [3.63, 3.8) is 0 Å². The molecule has 0 saturated carbocycles. The molecule has 0 radical (unpaired) electrons. The van der Waals surface area contributed by atoms with Crippen molar-refractivity contribution in [2.45, 2.75) is 20.8 Å². The molecule has 0 aliphatic heterocycles. The van der Waals surface area contributed by atoms with Gasteiger partial charge in [0.05, 0.1) is 19.0 Å². The molecule has 1 rings (SSSR count). The molecule has 0 aromatic heterocycles. The average molecular weight is 321 g/mol. The monoisotopic (exact) mass is 320 g/mol. The Hall–Kier alpha value is -0.940. The maximum Gasteiger partial charge on any atom is 0.233 e. The number of hydrogen-bond donors (Lipinski definition) is 0. The molecule has 1 aromatic carbocycles. The topological polar surface area (TPSA) is 52.6 Å². The van der Waals surface area contributed by atoms with Crippen LogP contribution in [0.4, 0.5) is 0 Å². The van der Waals surface area contributed by atoms with E-state index >= 15 is 0 Å². The molecule has 0 fully saturated rings. The molecule has 6 heteroatoms. The summed E-state index contributed by atoms with van der Waals surface area (Å²) in [5.74, 6) is 1.42. The van der Waals surface area contributed by atoms with E-state index in [1.807, 2.05) is 32.9 Å². The van der Waals surface area contributed by atoms with Crippen LogP contribution in [-0.2, 0) is 9.05 Å². The van der Waals surface area contributed by atoms with Crippen LogP contribution in [-0.4, -0.2) is 27.4 Å². The lowest BCUT2D eigenvalue weighted by Crippen LogP contribution is -2.24. The van der Waals surface area contributed by atoms with Crippen LogP contribution in [0.25, 0.3) is 0 Å². The molecular formula is C14H21ClO4S. The SMILES string of the molecule is CCOc1ccc(OCC(CS(=O)(=O)Cl)C(C)C)cc1. The average Bonchev–Trinajstić information content (AvgIpc) is 2.35. The van der Waals surface area contributed by atoms with E-state index in [1.54, 1.807) is 12.1 Å². The van der Waals surface area contributed by atoms with E-state index in [0.717, 1.165) is 5.75 Å². The number of halogens is 1. The lowest BCUT2D eigenvalue weighted by Gasteiger charge is -2.19. The van der Waals surface area contributed by atoms with Crippen LogP contribution in [0.5, 0.6) is 11.5 Å². The molecule has 0 amide bonds. The summed E-state index contributed by atoms with van der Waals surface area (Å²) in [6.07, 6.45) is 0. The van der Waals surface area contributed by atoms with E-state index < -0.39 is 9.05 Å². The summed E-state index contributed by atoms with van der Waals surface area (Å²) in [7, 11) is 1.79. The predicted molar refractivity (Wildman–Crippen MR) is 81.1 cm³/mol. The van der Waals surface area contributed by atoms with Gasteiger partial charge in [0, 0.05) is 16.6 Å². The first-order valence-electron chi connectivity index (χ1n) is 6.59. The summed E-state index contributed by atoms with van der Waals surface area (Å²) in [6.45, 7) is 6.76. The van der Waals surface area contributed by atoms with E-state index in [0.29, 0.717) is 19.0 Å². The van der Waals surface area contributed by atoms with Crippen molar-refractivity contribution in [3.05, 3.63) is 24.3 Å². The van der Waals surface area contributed by atoms with Gasteiger partial charge in [0.2, 0.25) is 9.05 Å². The predicted octanol–water partition coefficient (Wildman–Crippen LogP) is 3.30. The molecule has 0 heterocycles. The van der Waals surface area contributed by atoms with Gasteiger partial charge in [-0.15, -0.1) is 0 Å². The van der Waals surface area contributed by atoms with Gasteiger partial charge in [-0.25, -0.2) is 8.42 Å². The van der Waals surface area contributed by atoms with E-state index in [4.69, 9.17) is 20.2 Å². The van der Waals surface area contributed by atoms with Gasteiger partial charge < -0.3 is 9.47 Å². The van der Waals surface area contributed by atoms with Gasteiger partial charge in [0.1, 0.15) is 11.5 Å². The second-order valence-corrected chi connectivity index (χ2v) is 7.75. The first-order chi connectivity index (χ1) is 9.31. The minimum Gasteiger partial charge on any atom is -0.494 e. The summed E-state index contributed by atoms with van der Waals surface area (Å²) in [5, 5.41) is 0. The second kappa shape index (κ2) is 7.74. The first-order valence-corrected chi connectivity index (χ1v) is 9.07. The minimum absolute atomic E-state index is 0.0801. The van der Waals surface area contributed by atoms with E-state index in [9.17, 15) is 8.42 Å². The van der Waals surface area contributed by atoms with Crippen molar-refractivity contribution < 1.29 is 17.9 Å². The molecule has 0 spiro atoms. The zero-order valence-electron chi connectivity index (χ0n) is 12.0. The second-order valence-electron chi connectivity index (χ2n) is 4.93. The lowest BCUT2D eigenvalue weighted by atomic mass is 9.99. The minimum atomic E-state index is -3.51. The maximum absolute atomic E-state index is 11.2. The molecule has 0 aliphatic carbocycles. The van der Waals surface area contributed by atoms with Crippen LogP contribution < -0.4 is 9.47 Å². The molecule has 0 saturated heterocycles. The third-order valence-corrected chi connectivity index (χ3v) is 4.16. The third kappa shape index (κ3) is 6.48. The molecule has 114 valence electrons. The maximum atomic E-state index is 11.2. The molecule has 4 nitrogen and oxygen atoms in total. The van der Waals surface area contributed by atoms with E-state index in [1.165, 1.54) is 0 Å². The van der Waals surface area contributed by atoms with Crippen LogP contribution >= 0.6 is 10.7 Å². The Kier molecular flexibility index (Phi) is 6.62. The van der Waals surface area contributed by atoms with Gasteiger partial charge in [0.15, 0.2) is 0 Å². The molecular weight excluding hydrogens is 300 g/mol. The van der Waals surface area contributed by atoms with E-state index in [2.05, 4.69) is 0 Å². The van der Waals surface area contributed by atoms with Crippen molar-refractivity contribution in [2.75, 3.05) is 19.0 Å². The fourth-order valence-corrected chi connectivity index (χ4v) is 3.17. The summed E-state index contributed by atoms with van der Waals surface area (Å²) >= 11 is 0. The Morgan fingerprint density at radius 1 is 1.10 bits per heavy atom. The summed E-state index contributed by atoms with van der Waals surface area (Å²) in [6, 6.07) is 7.25. The van der Waals surface area contributed by atoms with Crippen LogP contribution in [0.3, 0.4) is 0 Å².